The monoisotopic (exact) mass is 309 g/mol. The fourth-order valence-electron chi connectivity index (χ4n) is 2.07. The molecule has 2 aromatic rings. The average molecular weight is 310 g/mol. The second-order valence-electron chi connectivity index (χ2n) is 4.71. The molecule has 0 radical (unpaired) electrons. The zero-order valence-corrected chi connectivity index (χ0v) is 12.9. The summed E-state index contributed by atoms with van der Waals surface area (Å²) in [6, 6.07) is 9.15. The summed E-state index contributed by atoms with van der Waals surface area (Å²) in [5.41, 5.74) is 0.920. The van der Waals surface area contributed by atoms with Gasteiger partial charge in [-0.1, -0.05) is 17.7 Å². The van der Waals surface area contributed by atoms with Crippen LogP contribution in [0.2, 0.25) is 5.02 Å². The zero-order valence-electron chi connectivity index (χ0n) is 11.3. The standard InChI is InChI=1S/C15H16ClNO2S/c1-10(8-12-4-3-7-20-12)17(2)14-9-11(16)5-6-13(14)15(18)19/h3-7,9-10H,8H2,1-2H3,(H,18,19). The molecule has 0 aliphatic rings. The first-order valence-electron chi connectivity index (χ1n) is 6.27. The summed E-state index contributed by atoms with van der Waals surface area (Å²) in [5.74, 6) is -0.938. The first kappa shape index (κ1) is 14.9. The number of nitrogens with zero attached hydrogens (tertiary/aromatic N) is 1. The molecule has 1 N–H and O–H groups in total. The third-order valence-corrected chi connectivity index (χ3v) is 4.44. The average Bonchev–Trinajstić information content (AvgIpc) is 2.90. The number of carboxylic acids is 1. The van der Waals surface area contributed by atoms with Crippen LogP contribution in [0.3, 0.4) is 0 Å². The molecule has 5 heteroatoms. The normalized spacial score (nSPS) is 12.2. The van der Waals surface area contributed by atoms with E-state index >= 15 is 0 Å². The van der Waals surface area contributed by atoms with E-state index in [9.17, 15) is 9.90 Å². The lowest BCUT2D eigenvalue weighted by molar-refractivity contribution is 0.0697. The summed E-state index contributed by atoms with van der Waals surface area (Å²) in [7, 11) is 1.90. The van der Waals surface area contributed by atoms with Gasteiger partial charge in [-0.05, 0) is 36.6 Å². The minimum Gasteiger partial charge on any atom is -0.478 e. The van der Waals surface area contributed by atoms with Gasteiger partial charge in [0.15, 0.2) is 0 Å². The second kappa shape index (κ2) is 6.29. The van der Waals surface area contributed by atoms with Gasteiger partial charge < -0.3 is 10.0 Å². The molecule has 0 aliphatic carbocycles. The molecule has 0 fully saturated rings. The van der Waals surface area contributed by atoms with Crippen LogP contribution >= 0.6 is 22.9 Å². The van der Waals surface area contributed by atoms with E-state index in [2.05, 4.69) is 13.0 Å². The maximum Gasteiger partial charge on any atom is 0.337 e. The van der Waals surface area contributed by atoms with Gasteiger partial charge in [-0.15, -0.1) is 11.3 Å². The van der Waals surface area contributed by atoms with Gasteiger partial charge >= 0.3 is 5.97 Å². The Kier molecular flexibility index (Phi) is 4.68. The highest BCUT2D eigenvalue weighted by Gasteiger charge is 2.18. The van der Waals surface area contributed by atoms with E-state index in [1.54, 1.807) is 29.5 Å². The zero-order chi connectivity index (χ0) is 14.7. The third-order valence-electron chi connectivity index (χ3n) is 3.31. The van der Waals surface area contributed by atoms with Crippen LogP contribution in [-0.2, 0) is 6.42 Å². The molecule has 0 amide bonds. The van der Waals surface area contributed by atoms with Crippen molar-refractivity contribution in [1.82, 2.24) is 0 Å². The molecular formula is C15H16ClNO2S. The van der Waals surface area contributed by atoms with E-state index in [0.717, 1.165) is 6.42 Å². The fourth-order valence-corrected chi connectivity index (χ4v) is 3.06. The van der Waals surface area contributed by atoms with Crippen LogP contribution in [0.5, 0.6) is 0 Å². The number of aromatic carboxylic acids is 1. The number of hydrogen-bond acceptors (Lipinski definition) is 3. The molecule has 1 atom stereocenters. The summed E-state index contributed by atoms with van der Waals surface area (Å²) < 4.78 is 0. The predicted molar refractivity (Wildman–Crippen MR) is 84.3 cm³/mol. The number of hydrogen-bond donors (Lipinski definition) is 1. The second-order valence-corrected chi connectivity index (χ2v) is 6.18. The molecular weight excluding hydrogens is 294 g/mol. The topological polar surface area (TPSA) is 40.5 Å². The number of carboxylic acid groups (broad SMARTS) is 1. The highest BCUT2D eigenvalue weighted by molar-refractivity contribution is 7.09. The van der Waals surface area contributed by atoms with Gasteiger partial charge in [0.2, 0.25) is 0 Å². The predicted octanol–water partition coefficient (Wildman–Crippen LogP) is 4.17. The summed E-state index contributed by atoms with van der Waals surface area (Å²) >= 11 is 7.70. The van der Waals surface area contributed by atoms with E-state index in [4.69, 9.17) is 11.6 Å². The van der Waals surface area contributed by atoms with Crippen molar-refractivity contribution >= 4 is 34.6 Å². The summed E-state index contributed by atoms with van der Waals surface area (Å²) in [6.07, 6.45) is 0.875. The number of rotatable bonds is 5. The molecule has 0 spiro atoms. The minimum atomic E-state index is -0.938. The highest BCUT2D eigenvalue weighted by Crippen LogP contribution is 2.27. The molecule has 1 unspecified atom stereocenters. The molecule has 0 bridgehead atoms. The van der Waals surface area contributed by atoms with Gasteiger partial charge in [-0.25, -0.2) is 4.79 Å². The Bertz CT molecular complexity index is 598. The first-order chi connectivity index (χ1) is 9.49. The summed E-state index contributed by atoms with van der Waals surface area (Å²) in [5, 5.41) is 11.9. The van der Waals surface area contributed by atoms with Gasteiger partial charge in [0.1, 0.15) is 0 Å². The lowest BCUT2D eigenvalue weighted by Crippen LogP contribution is -2.31. The number of thiophene rings is 1. The van der Waals surface area contributed by atoms with Crippen molar-refractivity contribution in [3.63, 3.8) is 0 Å². The molecule has 2 rings (SSSR count). The van der Waals surface area contributed by atoms with E-state index in [-0.39, 0.29) is 11.6 Å². The number of likely N-dealkylation sites (N-methyl/N-ethyl adjacent to an activating group) is 1. The molecule has 1 aromatic heterocycles. The lowest BCUT2D eigenvalue weighted by Gasteiger charge is -2.28. The Morgan fingerprint density at radius 2 is 2.20 bits per heavy atom. The highest BCUT2D eigenvalue weighted by atomic mass is 35.5. The number of anilines is 1. The molecule has 0 aliphatic heterocycles. The van der Waals surface area contributed by atoms with Crippen molar-refractivity contribution in [1.29, 1.82) is 0 Å². The van der Waals surface area contributed by atoms with Crippen molar-refractivity contribution < 1.29 is 9.90 Å². The Hall–Kier alpha value is -1.52. The lowest BCUT2D eigenvalue weighted by atomic mass is 10.1. The van der Waals surface area contributed by atoms with Crippen LogP contribution in [0.15, 0.2) is 35.7 Å². The van der Waals surface area contributed by atoms with E-state index in [1.165, 1.54) is 4.88 Å². The van der Waals surface area contributed by atoms with Crippen molar-refractivity contribution in [2.75, 3.05) is 11.9 Å². The molecule has 0 saturated heterocycles. The van der Waals surface area contributed by atoms with Crippen LogP contribution in [0, 0.1) is 0 Å². The first-order valence-corrected chi connectivity index (χ1v) is 7.53. The van der Waals surface area contributed by atoms with Crippen LogP contribution in [0.25, 0.3) is 0 Å². The Morgan fingerprint density at radius 1 is 1.45 bits per heavy atom. The molecule has 1 heterocycles. The van der Waals surface area contributed by atoms with Crippen LogP contribution < -0.4 is 4.90 Å². The Labute approximate surface area is 127 Å². The SMILES string of the molecule is CC(Cc1cccs1)N(C)c1cc(Cl)ccc1C(=O)O. The van der Waals surface area contributed by atoms with Gasteiger partial charge in [0, 0.05) is 29.4 Å². The van der Waals surface area contributed by atoms with E-state index in [0.29, 0.717) is 10.7 Å². The van der Waals surface area contributed by atoms with Gasteiger partial charge in [-0.3, -0.25) is 0 Å². The molecule has 20 heavy (non-hydrogen) atoms. The summed E-state index contributed by atoms with van der Waals surface area (Å²) in [6.45, 7) is 2.08. The molecule has 0 saturated carbocycles. The minimum absolute atomic E-state index is 0.185. The Balaban J connectivity index is 2.25. The molecule has 1 aromatic carbocycles. The van der Waals surface area contributed by atoms with E-state index < -0.39 is 5.97 Å². The number of halogens is 1. The fraction of sp³-hybridized carbons (Fsp3) is 0.267. The smallest absolute Gasteiger partial charge is 0.337 e. The maximum atomic E-state index is 11.3. The van der Waals surface area contributed by atoms with Crippen LogP contribution in [-0.4, -0.2) is 24.2 Å². The van der Waals surface area contributed by atoms with E-state index in [1.807, 2.05) is 23.4 Å². The number of benzene rings is 1. The maximum absolute atomic E-state index is 11.3. The van der Waals surface area contributed by atoms with Crippen molar-refractivity contribution in [2.45, 2.75) is 19.4 Å². The molecule has 106 valence electrons. The van der Waals surface area contributed by atoms with Crippen molar-refractivity contribution in [2.24, 2.45) is 0 Å². The quantitative estimate of drug-likeness (QED) is 0.901. The van der Waals surface area contributed by atoms with Gasteiger partial charge in [0.05, 0.1) is 11.3 Å². The van der Waals surface area contributed by atoms with Gasteiger partial charge in [0.25, 0.3) is 0 Å². The summed E-state index contributed by atoms with van der Waals surface area (Å²) in [4.78, 5) is 14.6. The molecule has 3 nitrogen and oxygen atoms in total. The van der Waals surface area contributed by atoms with Crippen LogP contribution in [0.4, 0.5) is 5.69 Å². The van der Waals surface area contributed by atoms with Gasteiger partial charge in [-0.2, -0.15) is 0 Å². The van der Waals surface area contributed by atoms with Crippen molar-refractivity contribution in [3.05, 3.63) is 51.2 Å². The number of carbonyl (C=O) groups is 1. The Morgan fingerprint density at radius 3 is 2.80 bits per heavy atom. The third kappa shape index (κ3) is 3.32. The largest absolute Gasteiger partial charge is 0.478 e. The van der Waals surface area contributed by atoms with Crippen molar-refractivity contribution in [3.8, 4) is 0 Å². The van der Waals surface area contributed by atoms with Crippen LogP contribution in [0.1, 0.15) is 22.2 Å².